The summed E-state index contributed by atoms with van der Waals surface area (Å²) < 4.78 is 45.8. The highest BCUT2D eigenvalue weighted by molar-refractivity contribution is 7.88. The van der Waals surface area contributed by atoms with Crippen LogP contribution >= 0.6 is 11.3 Å². The molecule has 2 saturated heterocycles. The number of hydrogen-bond acceptors (Lipinski definition) is 6. The summed E-state index contributed by atoms with van der Waals surface area (Å²) in [5, 5.41) is 0.449. The van der Waals surface area contributed by atoms with Crippen LogP contribution in [0.5, 0.6) is 0 Å². The number of sulfonamides is 1. The molecular formula is C19H24FN3O4S2. The summed E-state index contributed by atoms with van der Waals surface area (Å²) in [4.78, 5) is 19.6. The summed E-state index contributed by atoms with van der Waals surface area (Å²) in [6, 6.07) is 3.58. The van der Waals surface area contributed by atoms with Crippen LogP contribution < -0.4 is 4.90 Å². The average molecular weight is 442 g/mol. The third kappa shape index (κ3) is 4.45. The highest BCUT2D eigenvalue weighted by Gasteiger charge is 2.39. The summed E-state index contributed by atoms with van der Waals surface area (Å²) in [5.41, 5.74) is 0.611. The number of halogens is 1. The quantitative estimate of drug-likeness (QED) is 0.713. The van der Waals surface area contributed by atoms with E-state index in [2.05, 4.69) is 4.98 Å². The molecule has 0 N–H and O–H groups in total. The molecule has 2 atom stereocenters. The fraction of sp³-hybridized carbons (Fsp3) is 0.579. The molecule has 1 aromatic heterocycles. The second-order valence-electron chi connectivity index (χ2n) is 7.58. The van der Waals surface area contributed by atoms with Crippen LogP contribution in [0.2, 0.25) is 0 Å². The number of thiazole rings is 1. The lowest BCUT2D eigenvalue weighted by molar-refractivity contribution is -0.123. The van der Waals surface area contributed by atoms with Crippen molar-refractivity contribution in [3.05, 3.63) is 24.0 Å². The number of fused-ring (bicyclic) bond motifs is 1. The maximum Gasteiger partial charge on any atom is 0.247 e. The molecule has 2 unspecified atom stereocenters. The summed E-state index contributed by atoms with van der Waals surface area (Å²) in [6.07, 6.45) is 4.81. The molecular weight excluding hydrogens is 417 g/mol. The minimum Gasteiger partial charge on any atom is -0.376 e. The fourth-order valence-electron chi connectivity index (χ4n) is 3.98. The van der Waals surface area contributed by atoms with Crippen molar-refractivity contribution >= 4 is 42.6 Å². The van der Waals surface area contributed by atoms with Gasteiger partial charge in [-0.05, 0) is 43.9 Å². The first-order valence-corrected chi connectivity index (χ1v) is 12.5. The van der Waals surface area contributed by atoms with E-state index in [0.717, 1.165) is 31.9 Å². The number of rotatable bonds is 5. The Bertz CT molecular complexity index is 1000. The summed E-state index contributed by atoms with van der Waals surface area (Å²) in [5.74, 6) is -0.648. The van der Waals surface area contributed by atoms with Gasteiger partial charge in [0.25, 0.3) is 0 Å². The van der Waals surface area contributed by atoms with Gasteiger partial charge in [0.05, 0.1) is 29.1 Å². The van der Waals surface area contributed by atoms with Crippen LogP contribution in [0.4, 0.5) is 9.52 Å². The number of amides is 1. The Labute approximate surface area is 173 Å². The van der Waals surface area contributed by atoms with Crippen LogP contribution in [0.1, 0.15) is 32.1 Å². The van der Waals surface area contributed by atoms with Gasteiger partial charge < -0.3 is 4.74 Å². The lowest BCUT2D eigenvalue weighted by atomic mass is 10.0. The number of piperidine rings is 1. The number of benzene rings is 1. The van der Waals surface area contributed by atoms with Gasteiger partial charge in [-0.25, -0.2) is 17.8 Å². The average Bonchev–Trinajstić information content (AvgIpc) is 3.34. The first-order valence-electron chi connectivity index (χ1n) is 9.79. The SMILES string of the molecule is CS(=O)(=O)N1CCCCC1C(=O)N(CC1CCCO1)c1nc2ccc(F)cc2s1. The largest absolute Gasteiger partial charge is 0.376 e. The molecule has 0 aliphatic carbocycles. The molecule has 0 saturated carbocycles. The molecule has 1 aromatic carbocycles. The van der Waals surface area contributed by atoms with Gasteiger partial charge in [0.1, 0.15) is 11.9 Å². The minimum atomic E-state index is -3.51. The fourth-order valence-corrected chi connectivity index (χ4v) is 6.11. The Balaban J connectivity index is 1.69. The van der Waals surface area contributed by atoms with Gasteiger partial charge in [0.2, 0.25) is 15.9 Å². The first-order chi connectivity index (χ1) is 13.8. The second-order valence-corrected chi connectivity index (χ2v) is 10.5. The summed E-state index contributed by atoms with van der Waals surface area (Å²) in [6.45, 7) is 1.31. The van der Waals surface area contributed by atoms with Gasteiger partial charge in [-0.15, -0.1) is 0 Å². The zero-order valence-corrected chi connectivity index (χ0v) is 17.8. The molecule has 2 aromatic rings. The van der Waals surface area contributed by atoms with Crippen molar-refractivity contribution in [2.24, 2.45) is 0 Å². The van der Waals surface area contributed by atoms with E-state index in [9.17, 15) is 17.6 Å². The van der Waals surface area contributed by atoms with E-state index in [-0.39, 0.29) is 17.8 Å². The van der Waals surface area contributed by atoms with E-state index < -0.39 is 16.1 Å². The van der Waals surface area contributed by atoms with Crippen molar-refractivity contribution in [2.45, 2.75) is 44.2 Å². The van der Waals surface area contributed by atoms with Crippen molar-refractivity contribution in [2.75, 3.05) is 30.9 Å². The third-order valence-electron chi connectivity index (χ3n) is 5.41. The summed E-state index contributed by atoms with van der Waals surface area (Å²) in [7, 11) is -3.51. The standard InChI is InChI=1S/C19H24FN3O4S2/c1-29(25,26)23-9-3-2-6-16(23)18(24)22(12-14-5-4-10-27-14)19-21-15-8-7-13(20)11-17(15)28-19/h7-8,11,14,16H,2-6,9-10,12H2,1H3. The highest BCUT2D eigenvalue weighted by Crippen LogP contribution is 2.32. The number of nitrogens with zero attached hydrogens (tertiary/aromatic N) is 3. The maximum absolute atomic E-state index is 13.6. The van der Waals surface area contributed by atoms with Crippen molar-refractivity contribution in [3.63, 3.8) is 0 Å². The number of anilines is 1. The molecule has 2 aliphatic heterocycles. The van der Waals surface area contributed by atoms with E-state index in [1.807, 2.05) is 0 Å². The van der Waals surface area contributed by atoms with Crippen molar-refractivity contribution in [3.8, 4) is 0 Å². The zero-order valence-electron chi connectivity index (χ0n) is 16.2. The molecule has 0 radical (unpaired) electrons. The van der Waals surface area contributed by atoms with E-state index in [4.69, 9.17) is 4.74 Å². The molecule has 4 rings (SSSR count). The Morgan fingerprint density at radius 3 is 2.90 bits per heavy atom. The van der Waals surface area contributed by atoms with Gasteiger partial charge in [0.15, 0.2) is 5.13 Å². The van der Waals surface area contributed by atoms with Gasteiger partial charge in [-0.1, -0.05) is 17.8 Å². The number of ether oxygens (including phenoxy) is 1. The Kier molecular flexibility index (Phi) is 5.87. The third-order valence-corrected chi connectivity index (χ3v) is 7.74. The lowest BCUT2D eigenvalue weighted by Crippen LogP contribution is -2.54. The van der Waals surface area contributed by atoms with Crippen LogP contribution in [0.25, 0.3) is 10.2 Å². The van der Waals surface area contributed by atoms with E-state index in [1.54, 1.807) is 11.0 Å². The molecule has 0 bridgehead atoms. The minimum absolute atomic E-state index is 0.113. The number of aromatic nitrogens is 1. The molecule has 3 heterocycles. The molecule has 1 amide bonds. The van der Waals surface area contributed by atoms with E-state index in [1.165, 1.54) is 27.8 Å². The van der Waals surface area contributed by atoms with Crippen LogP contribution in [0, 0.1) is 5.82 Å². The monoisotopic (exact) mass is 441 g/mol. The highest BCUT2D eigenvalue weighted by atomic mass is 32.2. The van der Waals surface area contributed by atoms with Crippen molar-refractivity contribution in [1.29, 1.82) is 0 Å². The predicted molar refractivity (Wildman–Crippen MR) is 110 cm³/mol. The van der Waals surface area contributed by atoms with E-state index in [0.29, 0.717) is 41.5 Å². The second kappa shape index (κ2) is 8.25. The first kappa shape index (κ1) is 20.6. The van der Waals surface area contributed by atoms with Gasteiger partial charge in [0, 0.05) is 13.2 Å². The molecule has 2 fully saturated rings. The molecule has 29 heavy (non-hydrogen) atoms. The normalized spacial score (nSPS) is 23.5. The number of carbonyl (C=O) groups is 1. The molecule has 2 aliphatic rings. The summed E-state index contributed by atoms with van der Waals surface area (Å²) >= 11 is 1.23. The van der Waals surface area contributed by atoms with Crippen molar-refractivity contribution < 1.29 is 22.3 Å². The van der Waals surface area contributed by atoms with Crippen LogP contribution in [0.15, 0.2) is 18.2 Å². The Hall–Kier alpha value is -1.62. The molecule has 10 heteroatoms. The zero-order chi connectivity index (χ0) is 20.6. The van der Waals surface area contributed by atoms with E-state index >= 15 is 0 Å². The maximum atomic E-state index is 13.6. The molecule has 0 spiro atoms. The Morgan fingerprint density at radius 2 is 2.17 bits per heavy atom. The number of carbonyl (C=O) groups excluding carboxylic acids is 1. The van der Waals surface area contributed by atoms with Crippen LogP contribution in [-0.2, 0) is 19.6 Å². The smallest absolute Gasteiger partial charge is 0.247 e. The molecule has 158 valence electrons. The van der Waals surface area contributed by atoms with Crippen LogP contribution in [0.3, 0.4) is 0 Å². The molecule has 7 nitrogen and oxygen atoms in total. The Morgan fingerprint density at radius 1 is 1.34 bits per heavy atom. The van der Waals surface area contributed by atoms with Gasteiger partial charge in [-0.2, -0.15) is 4.31 Å². The van der Waals surface area contributed by atoms with Gasteiger partial charge in [-0.3, -0.25) is 9.69 Å². The lowest BCUT2D eigenvalue weighted by Gasteiger charge is -2.35. The van der Waals surface area contributed by atoms with Gasteiger partial charge >= 0.3 is 0 Å². The topological polar surface area (TPSA) is 79.8 Å². The van der Waals surface area contributed by atoms with Crippen LogP contribution in [-0.4, -0.2) is 61.7 Å². The van der Waals surface area contributed by atoms with Crippen molar-refractivity contribution in [1.82, 2.24) is 9.29 Å². The number of hydrogen-bond donors (Lipinski definition) is 0. The predicted octanol–water partition coefficient (Wildman–Crippen LogP) is 2.76.